The van der Waals surface area contributed by atoms with E-state index in [9.17, 15) is 4.79 Å². The fraction of sp³-hybridized carbons (Fsp3) is 0.474. The van der Waals surface area contributed by atoms with E-state index in [-0.39, 0.29) is 17.0 Å². The summed E-state index contributed by atoms with van der Waals surface area (Å²) in [5.74, 6) is -8.82. The smallest absolute Gasteiger partial charge is 0.303 e. The number of aromatic amines is 1. The molecular weight excluding hydrogens is 379 g/mol. The van der Waals surface area contributed by atoms with Crippen LogP contribution in [0.4, 0.5) is 13.2 Å². The zero-order chi connectivity index (χ0) is 19.8. The summed E-state index contributed by atoms with van der Waals surface area (Å²) in [6.45, 7) is 3.74. The van der Waals surface area contributed by atoms with E-state index in [0.29, 0.717) is 23.4 Å². The van der Waals surface area contributed by atoms with E-state index in [1.165, 1.54) is 12.3 Å². The maximum absolute atomic E-state index is 15.6. The van der Waals surface area contributed by atoms with Crippen molar-refractivity contribution in [2.24, 2.45) is 5.92 Å². The van der Waals surface area contributed by atoms with Crippen molar-refractivity contribution in [2.45, 2.75) is 50.7 Å². The molecule has 2 aromatic rings. The maximum atomic E-state index is 15.6. The minimum atomic E-state index is -3.80. The second-order valence-electron chi connectivity index (χ2n) is 7.31. The number of aromatic nitrogens is 2. The molecule has 1 aliphatic rings. The number of carbonyl (C=O) groups is 1. The summed E-state index contributed by atoms with van der Waals surface area (Å²) < 4.78 is 45.9. The Balaban J connectivity index is 1.91. The molecule has 1 amide bonds. The number of nitrogens with one attached hydrogen (secondary N) is 2. The van der Waals surface area contributed by atoms with Crippen molar-refractivity contribution in [3.05, 3.63) is 52.3 Å². The van der Waals surface area contributed by atoms with E-state index < -0.39 is 30.0 Å². The van der Waals surface area contributed by atoms with Crippen molar-refractivity contribution in [2.75, 3.05) is 0 Å². The van der Waals surface area contributed by atoms with Gasteiger partial charge in [0.05, 0.1) is 11.8 Å². The highest BCUT2D eigenvalue weighted by Gasteiger charge is 2.63. The van der Waals surface area contributed by atoms with Gasteiger partial charge in [-0.25, -0.2) is 13.2 Å². The van der Waals surface area contributed by atoms with E-state index in [4.69, 9.17) is 11.6 Å². The molecule has 0 bridgehead atoms. The van der Waals surface area contributed by atoms with Crippen LogP contribution in [0, 0.1) is 5.92 Å². The summed E-state index contributed by atoms with van der Waals surface area (Å²) in [6, 6.07) is 4.75. The lowest BCUT2D eigenvalue weighted by Crippen LogP contribution is -2.60. The third-order valence-electron chi connectivity index (χ3n) is 4.87. The van der Waals surface area contributed by atoms with Gasteiger partial charge in [0.15, 0.2) is 0 Å². The molecule has 1 aliphatic carbocycles. The summed E-state index contributed by atoms with van der Waals surface area (Å²) in [5.41, 5.74) is 0.959. The van der Waals surface area contributed by atoms with Crippen LogP contribution in [0.5, 0.6) is 0 Å². The van der Waals surface area contributed by atoms with E-state index in [1.54, 1.807) is 12.1 Å². The molecule has 1 saturated carbocycles. The van der Waals surface area contributed by atoms with Gasteiger partial charge < -0.3 is 5.32 Å². The van der Waals surface area contributed by atoms with Crippen molar-refractivity contribution in [3.8, 4) is 0 Å². The molecule has 8 heteroatoms. The van der Waals surface area contributed by atoms with Gasteiger partial charge in [-0.1, -0.05) is 31.5 Å². The average molecular weight is 400 g/mol. The van der Waals surface area contributed by atoms with Gasteiger partial charge in [-0.15, -0.1) is 0 Å². The lowest BCUT2D eigenvalue weighted by atomic mass is 9.89. The molecule has 4 nitrogen and oxygen atoms in total. The van der Waals surface area contributed by atoms with Crippen LogP contribution >= 0.6 is 11.6 Å². The molecule has 0 saturated heterocycles. The van der Waals surface area contributed by atoms with Gasteiger partial charge in [0.1, 0.15) is 0 Å². The molecule has 1 aromatic heterocycles. The van der Waals surface area contributed by atoms with Crippen LogP contribution in [0.3, 0.4) is 0 Å². The molecule has 1 fully saturated rings. The van der Waals surface area contributed by atoms with Crippen LogP contribution in [0.25, 0.3) is 0 Å². The predicted octanol–water partition coefficient (Wildman–Crippen LogP) is 4.87. The number of halogens is 4. The zero-order valence-corrected chi connectivity index (χ0v) is 15.8. The number of hydrogen-bond acceptors (Lipinski definition) is 2. The standard InChI is InChI=1S/C19H21ClF3N3O/c1-11(2)16-6-5-15(20)7-12(16)8-18(21,22)19(23,14-3-4-14)26-17(27)13-9-24-25-10-13/h5-7,9-11,14H,3-4,8H2,1-2H3,(H,24,25)(H,26,27). The third kappa shape index (κ3) is 3.98. The molecule has 3 rings (SSSR count). The lowest BCUT2D eigenvalue weighted by molar-refractivity contribution is -0.159. The highest BCUT2D eigenvalue weighted by molar-refractivity contribution is 6.30. The first-order valence-corrected chi connectivity index (χ1v) is 9.18. The second kappa shape index (κ2) is 7.19. The molecule has 1 aromatic carbocycles. The van der Waals surface area contributed by atoms with Gasteiger partial charge in [0, 0.05) is 23.6 Å². The Hall–Kier alpha value is -2.02. The number of rotatable bonds is 7. The predicted molar refractivity (Wildman–Crippen MR) is 96.8 cm³/mol. The Bertz CT molecular complexity index is 822. The van der Waals surface area contributed by atoms with Crippen LogP contribution in [-0.2, 0) is 6.42 Å². The summed E-state index contributed by atoms with van der Waals surface area (Å²) in [6.07, 6.45) is 2.14. The van der Waals surface area contributed by atoms with Crippen molar-refractivity contribution in [1.29, 1.82) is 0 Å². The first-order chi connectivity index (χ1) is 12.6. The number of alkyl halides is 3. The second-order valence-corrected chi connectivity index (χ2v) is 7.74. The normalized spacial score (nSPS) is 17.0. The molecular formula is C19H21ClF3N3O. The third-order valence-corrected chi connectivity index (χ3v) is 5.10. The minimum Gasteiger partial charge on any atom is -0.315 e. The number of amides is 1. The van der Waals surface area contributed by atoms with Crippen molar-refractivity contribution in [1.82, 2.24) is 15.5 Å². The minimum absolute atomic E-state index is 0.000833. The molecule has 2 N–H and O–H groups in total. The van der Waals surface area contributed by atoms with Crippen LogP contribution < -0.4 is 5.32 Å². The number of nitrogens with zero attached hydrogens (tertiary/aromatic N) is 1. The van der Waals surface area contributed by atoms with Crippen molar-refractivity contribution < 1.29 is 18.0 Å². The van der Waals surface area contributed by atoms with Gasteiger partial charge in [0.25, 0.3) is 5.91 Å². The van der Waals surface area contributed by atoms with Crippen LogP contribution in [0.15, 0.2) is 30.6 Å². The molecule has 146 valence electrons. The fourth-order valence-corrected chi connectivity index (χ4v) is 3.44. The maximum Gasteiger partial charge on any atom is 0.303 e. The molecule has 1 unspecified atom stereocenters. The Labute approximate surface area is 160 Å². The monoisotopic (exact) mass is 399 g/mol. The lowest BCUT2D eigenvalue weighted by Gasteiger charge is -2.35. The number of carbonyl (C=O) groups excluding carboxylic acids is 1. The molecule has 0 radical (unpaired) electrons. The summed E-state index contributed by atoms with van der Waals surface area (Å²) in [7, 11) is 0. The van der Waals surface area contributed by atoms with Crippen LogP contribution in [0.1, 0.15) is 54.1 Å². The van der Waals surface area contributed by atoms with E-state index in [1.807, 2.05) is 19.2 Å². The Morgan fingerprint density at radius 1 is 1.37 bits per heavy atom. The fourth-order valence-electron chi connectivity index (χ4n) is 3.24. The molecule has 1 atom stereocenters. The SMILES string of the molecule is CC(C)c1ccc(Cl)cc1CC(F)(F)C(F)(NC(=O)c1cn[nH]c1)C1CC1. The first kappa shape index (κ1) is 19.7. The van der Waals surface area contributed by atoms with Gasteiger partial charge >= 0.3 is 5.92 Å². The largest absolute Gasteiger partial charge is 0.315 e. The van der Waals surface area contributed by atoms with Gasteiger partial charge in [-0.2, -0.15) is 5.10 Å². The molecule has 0 spiro atoms. The van der Waals surface area contributed by atoms with Gasteiger partial charge in [-0.3, -0.25) is 9.89 Å². The molecule has 1 heterocycles. The van der Waals surface area contributed by atoms with Crippen LogP contribution in [-0.4, -0.2) is 27.8 Å². The number of hydrogen-bond donors (Lipinski definition) is 2. The average Bonchev–Trinajstić information content (AvgIpc) is 3.29. The molecule has 27 heavy (non-hydrogen) atoms. The van der Waals surface area contributed by atoms with E-state index >= 15 is 13.2 Å². The Morgan fingerprint density at radius 3 is 2.63 bits per heavy atom. The van der Waals surface area contributed by atoms with E-state index in [2.05, 4.69) is 10.2 Å². The highest BCUT2D eigenvalue weighted by Crippen LogP contribution is 2.50. The van der Waals surface area contributed by atoms with Gasteiger partial charge in [-0.05, 0) is 42.0 Å². The summed E-state index contributed by atoms with van der Waals surface area (Å²) in [4.78, 5) is 12.2. The summed E-state index contributed by atoms with van der Waals surface area (Å²) >= 11 is 5.97. The number of H-pyrrole nitrogens is 1. The molecule has 0 aliphatic heterocycles. The Kier molecular flexibility index (Phi) is 5.25. The quantitative estimate of drug-likeness (QED) is 0.652. The number of benzene rings is 1. The zero-order valence-electron chi connectivity index (χ0n) is 15.0. The van der Waals surface area contributed by atoms with E-state index in [0.717, 1.165) is 6.20 Å². The Morgan fingerprint density at radius 2 is 2.07 bits per heavy atom. The highest BCUT2D eigenvalue weighted by atomic mass is 35.5. The van der Waals surface area contributed by atoms with Crippen LogP contribution in [0.2, 0.25) is 5.02 Å². The van der Waals surface area contributed by atoms with Gasteiger partial charge in [0.2, 0.25) is 5.79 Å². The summed E-state index contributed by atoms with van der Waals surface area (Å²) in [5, 5.41) is 8.25. The van der Waals surface area contributed by atoms with Crippen molar-refractivity contribution >= 4 is 17.5 Å². The van der Waals surface area contributed by atoms with Crippen molar-refractivity contribution in [3.63, 3.8) is 0 Å². The topological polar surface area (TPSA) is 57.8 Å². The first-order valence-electron chi connectivity index (χ1n) is 8.80.